The van der Waals surface area contributed by atoms with Crippen molar-refractivity contribution in [2.24, 2.45) is 4.99 Å². The molecule has 1 aliphatic heterocycles. The van der Waals surface area contributed by atoms with Crippen molar-refractivity contribution in [2.75, 3.05) is 7.11 Å². The van der Waals surface area contributed by atoms with Gasteiger partial charge in [-0.2, -0.15) is 0 Å². The van der Waals surface area contributed by atoms with E-state index in [1.807, 2.05) is 30.3 Å². The molecule has 0 aliphatic carbocycles. The molecule has 0 bridgehead atoms. The van der Waals surface area contributed by atoms with E-state index < -0.39 is 0 Å². The van der Waals surface area contributed by atoms with Crippen molar-refractivity contribution >= 4 is 34.9 Å². The van der Waals surface area contributed by atoms with Crippen LogP contribution in [0.25, 0.3) is 17.3 Å². The maximum atomic E-state index is 12.5. The van der Waals surface area contributed by atoms with E-state index in [9.17, 15) is 9.90 Å². The van der Waals surface area contributed by atoms with E-state index in [1.54, 1.807) is 30.5 Å². The Labute approximate surface area is 147 Å². The quantitative estimate of drug-likeness (QED) is 0.780. The van der Waals surface area contributed by atoms with Crippen molar-refractivity contribution in [2.45, 2.75) is 0 Å². The highest BCUT2D eigenvalue weighted by Gasteiger charge is 2.19. The summed E-state index contributed by atoms with van der Waals surface area (Å²) in [4.78, 5) is 17.0. The zero-order valence-corrected chi connectivity index (χ0v) is 14.2. The summed E-state index contributed by atoms with van der Waals surface area (Å²) in [6.45, 7) is 0. The molecule has 0 spiro atoms. The largest absolute Gasteiger partial charge is 0.495 e. The number of hydrogen-bond acceptors (Lipinski definition) is 5. The Morgan fingerprint density at radius 2 is 1.92 bits per heavy atom. The molecule has 1 N–H and O–H groups in total. The van der Waals surface area contributed by atoms with Crippen LogP contribution in [0.5, 0.6) is 11.6 Å². The zero-order chi connectivity index (χ0) is 17.4. The Morgan fingerprint density at radius 3 is 2.76 bits per heavy atom. The first-order valence-electron chi connectivity index (χ1n) is 7.62. The second kappa shape index (κ2) is 6.07. The molecule has 0 fully saturated rings. The van der Waals surface area contributed by atoms with Crippen LogP contribution in [-0.4, -0.2) is 23.0 Å². The predicted octanol–water partition coefficient (Wildman–Crippen LogP) is 3.87. The van der Waals surface area contributed by atoms with Crippen LogP contribution in [0.4, 0.5) is 5.69 Å². The van der Waals surface area contributed by atoms with E-state index in [0.29, 0.717) is 16.3 Å². The Kier molecular flexibility index (Phi) is 3.74. The van der Waals surface area contributed by atoms with Gasteiger partial charge in [-0.05, 0) is 24.3 Å². The molecule has 0 radical (unpaired) electrons. The molecule has 2 heterocycles. The molecule has 1 aliphatic rings. The lowest BCUT2D eigenvalue weighted by molar-refractivity contribution is 0.405. The highest BCUT2D eigenvalue weighted by Crippen LogP contribution is 2.35. The molecule has 25 heavy (non-hydrogen) atoms. The number of aromatic hydroxyl groups is 1. The first kappa shape index (κ1) is 15.4. The molecule has 5 nitrogen and oxygen atoms in total. The molecule has 0 saturated carbocycles. The van der Waals surface area contributed by atoms with Crippen LogP contribution in [0.1, 0.15) is 10.4 Å². The van der Waals surface area contributed by atoms with E-state index in [4.69, 9.17) is 4.74 Å². The van der Waals surface area contributed by atoms with E-state index in [-0.39, 0.29) is 10.8 Å². The summed E-state index contributed by atoms with van der Waals surface area (Å²) in [6.07, 6.45) is 3.52. The van der Waals surface area contributed by atoms with Gasteiger partial charge in [0, 0.05) is 17.4 Å². The SMILES string of the molecule is COc1ccccc1-n1c(O)c(/C=C2\C=Nc3ccccc32)sc1=O. The fourth-order valence-corrected chi connectivity index (χ4v) is 3.63. The number of allylic oxidation sites excluding steroid dienone is 1. The molecule has 4 rings (SSSR count). The lowest BCUT2D eigenvalue weighted by Crippen LogP contribution is -2.10. The molecule has 0 unspecified atom stereocenters. The van der Waals surface area contributed by atoms with Gasteiger partial charge in [0.2, 0.25) is 5.88 Å². The molecule has 0 atom stereocenters. The van der Waals surface area contributed by atoms with Gasteiger partial charge in [-0.3, -0.25) is 9.79 Å². The first-order valence-corrected chi connectivity index (χ1v) is 8.44. The maximum absolute atomic E-state index is 12.5. The van der Waals surface area contributed by atoms with Gasteiger partial charge in [-0.25, -0.2) is 4.57 Å². The Bertz CT molecular complexity index is 1080. The van der Waals surface area contributed by atoms with Gasteiger partial charge in [-0.1, -0.05) is 41.7 Å². The molecule has 3 aromatic rings. The third-order valence-electron chi connectivity index (χ3n) is 3.98. The average Bonchev–Trinajstić information content (AvgIpc) is 3.16. The summed E-state index contributed by atoms with van der Waals surface area (Å²) < 4.78 is 6.55. The number of methoxy groups -OCH3 is 1. The smallest absolute Gasteiger partial charge is 0.315 e. The Hall–Kier alpha value is -3.12. The summed E-state index contributed by atoms with van der Waals surface area (Å²) in [5.41, 5.74) is 3.23. The van der Waals surface area contributed by atoms with Crippen molar-refractivity contribution < 1.29 is 9.84 Å². The summed E-state index contributed by atoms with van der Waals surface area (Å²) in [5, 5.41) is 10.6. The van der Waals surface area contributed by atoms with Gasteiger partial charge in [0.05, 0.1) is 23.4 Å². The molecule has 2 aromatic carbocycles. The highest BCUT2D eigenvalue weighted by atomic mass is 32.1. The summed E-state index contributed by atoms with van der Waals surface area (Å²) in [7, 11) is 1.53. The van der Waals surface area contributed by atoms with E-state index in [1.165, 1.54) is 11.7 Å². The van der Waals surface area contributed by atoms with Crippen LogP contribution < -0.4 is 9.61 Å². The minimum absolute atomic E-state index is 0.107. The average molecular weight is 350 g/mol. The molecule has 124 valence electrons. The molecule has 0 amide bonds. The fraction of sp³-hybridized carbons (Fsp3) is 0.0526. The number of ether oxygens (including phenoxy) is 1. The Balaban J connectivity index is 1.84. The lowest BCUT2D eigenvalue weighted by Gasteiger charge is -2.09. The predicted molar refractivity (Wildman–Crippen MR) is 101 cm³/mol. The molecular weight excluding hydrogens is 336 g/mol. The Morgan fingerprint density at radius 1 is 1.16 bits per heavy atom. The third-order valence-corrected chi connectivity index (χ3v) is 4.86. The second-order valence-corrected chi connectivity index (χ2v) is 6.43. The van der Waals surface area contributed by atoms with E-state index >= 15 is 0 Å². The second-order valence-electron chi connectivity index (χ2n) is 5.44. The van der Waals surface area contributed by atoms with Gasteiger partial charge in [0.1, 0.15) is 5.75 Å². The zero-order valence-electron chi connectivity index (χ0n) is 13.3. The fourth-order valence-electron chi connectivity index (χ4n) is 2.80. The minimum atomic E-state index is -0.280. The van der Waals surface area contributed by atoms with Gasteiger partial charge >= 0.3 is 4.87 Å². The molecule has 0 saturated heterocycles. The van der Waals surface area contributed by atoms with Crippen molar-refractivity contribution in [3.8, 4) is 17.3 Å². The van der Waals surface area contributed by atoms with Crippen molar-refractivity contribution in [3.63, 3.8) is 0 Å². The standard InChI is InChI=1S/C19H14N2O3S/c1-24-16-9-5-4-8-15(16)21-18(22)17(25-19(21)23)10-12-11-20-14-7-3-2-6-13(12)14/h2-11,22H,1H3/b12-10+. The monoisotopic (exact) mass is 350 g/mol. The van der Waals surface area contributed by atoms with Crippen LogP contribution >= 0.6 is 11.3 Å². The molecular formula is C19H14N2O3S. The van der Waals surface area contributed by atoms with E-state index in [2.05, 4.69) is 4.99 Å². The summed E-state index contributed by atoms with van der Waals surface area (Å²) >= 11 is 0.980. The lowest BCUT2D eigenvalue weighted by atomic mass is 10.1. The number of nitrogens with zero attached hydrogens (tertiary/aromatic N) is 2. The van der Waals surface area contributed by atoms with Crippen LogP contribution in [0, 0.1) is 0 Å². The highest BCUT2D eigenvalue weighted by molar-refractivity contribution is 7.10. The van der Waals surface area contributed by atoms with Crippen LogP contribution in [0.3, 0.4) is 0 Å². The van der Waals surface area contributed by atoms with Gasteiger partial charge in [-0.15, -0.1) is 0 Å². The maximum Gasteiger partial charge on any atom is 0.315 e. The van der Waals surface area contributed by atoms with Gasteiger partial charge in [0.25, 0.3) is 0 Å². The topological polar surface area (TPSA) is 63.8 Å². The molecule has 6 heteroatoms. The normalized spacial score (nSPS) is 14.0. The number of aromatic nitrogens is 1. The number of hydrogen-bond donors (Lipinski definition) is 1. The minimum Gasteiger partial charge on any atom is -0.495 e. The first-order chi connectivity index (χ1) is 12.2. The van der Waals surface area contributed by atoms with Crippen LogP contribution in [0.15, 0.2) is 58.3 Å². The van der Waals surface area contributed by atoms with Gasteiger partial charge < -0.3 is 9.84 Å². The van der Waals surface area contributed by atoms with Gasteiger partial charge in [0.15, 0.2) is 0 Å². The number of aliphatic imine (C=N–C) groups is 1. The number of para-hydroxylation sites is 3. The molecule has 1 aromatic heterocycles. The van der Waals surface area contributed by atoms with Crippen LogP contribution in [-0.2, 0) is 0 Å². The van der Waals surface area contributed by atoms with Crippen molar-refractivity contribution in [3.05, 3.63) is 68.6 Å². The van der Waals surface area contributed by atoms with Crippen molar-refractivity contribution in [1.82, 2.24) is 4.57 Å². The number of fused-ring (bicyclic) bond motifs is 1. The number of benzene rings is 2. The number of rotatable bonds is 3. The summed E-state index contributed by atoms with van der Waals surface area (Å²) in [5.74, 6) is 0.412. The van der Waals surface area contributed by atoms with E-state index in [0.717, 1.165) is 28.2 Å². The summed E-state index contributed by atoms with van der Waals surface area (Å²) in [6, 6.07) is 14.8. The van der Waals surface area contributed by atoms with Crippen molar-refractivity contribution in [1.29, 1.82) is 0 Å². The number of thiazole rings is 1. The third kappa shape index (κ3) is 2.56. The van der Waals surface area contributed by atoms with Crippen LogP contribution in [0.2, 0.25) is 0 Å².